The van der Waals surface area contributed by atoms with Crippen molar-refractivity contribution in [1.29, 1.82) is 0 Å². The van der Waals surface area contributed by atoms with E-state index < -0.39 is 17.8 Å². The van der Waals surface area contributed by atoms with E-state index >= 15 is 0 Å². The molecule has 2 aromatic rings. The van der Waals surface area contributed by atoms with Gasteiger partial charge in [-0.05, 0) is 55.7 Å². The second-order valence-corrected chi connectivity index (χ2v) is 7.57. The van der Waals surface area contributed by atoms with Crippen LogP contribution >= 0.6 is 0 Å². The lowest BCUT2D eigenvalue weighted by molar-refractivity contribution is -0.139. The second kappa shape index (κ2) is 8.98. The molecule has 1 fully saturated rings. The van der Waals surface area contributed by atoms with Crippen LogP contribution in [0.4, 0.5) is 18.9 Å². The maximum atomic E-state index is 13.0. The molecule has 0 bridgehead atoms. The van der Waals surface area contributed by atoms with Crippen molar-refractivity contribution in [1.82, 2.24) is 4.90 Å². The Labute approximate surface area is 175 Å². The molecule has 162 valence electrons. The zero-order valence-electron chi connectivity index (χ0n) is 17.5. The van der Waals surface area contributed by atoms with Crippen molar-refractivity contribution < 1.29 is 22.7 Å². The summed E-state index contributed by atoms with van der Waals surface area (Å²) in [5.74, 6) is 0.625. The van der Waals surface area contributed by atoms with Gasteiger partial charge in [0.2, 0.25) is 0 Å². The number of amides is 1. The number of benzene rings is 2. The van der Waals surface area contributed by atoms with Crippen molar-refractivity contribution >= 4 is 11.6 Å². The molecule has 1 aliphatic heterocycles. The zero-order valence-corrected chi connectivity index (χ0v) is 17.5. The number of hydrogen-bond donors (Lipinski definition) is 0. The summed E-state index contributed by atoms with van der Waals surface area (Å²) in [6.45, 7) is 7.73. The van der Waals surface area contributed by atoms with Crippen LogP contribution in [-0.2, 0) is 11.0 Å². The molecule has 0 aliphatic carbocycles. The van der Waals surface area contributed by atoms with E-state index in [2.05, 4.69) is 0 Å². The van der Waals surface area contributed by atoms with Crippen LogP contribution in [0.3, 0.4) is 0 Å². The summed E-state index contributed by atoms with van der Waals surface area (Å²) in [5, 5.41) is 0. The number of hydrogen-bond acceptors (Lipinski definition) is 3. The maximum Gasteiger partial charge on any atom is 0.416 e. The van der Waals surface area contributed by atoms with Gasteiger partial charge in [0.05, 0.1) is 5.56 Å². The lowest BCUT2D eigenvalue weighted by atomic mass is 10.1. The molecule has 0 N–H and O–H groups in total. The van der Waals surface area contributed by atoms with E-state index in [0.717, 1.165) is 23.3 Å². The minimum atomic E-state index is -4.37. The number of carbonyl (C=O) groups excluding carboxylic acids is 1. The van der Waals surface area contributed by atoms with Crippen LogP contribution in [0.5, 0.6) is 5.75 Å². The zero-order chi connectivity index (χ0) is 21.9. The van der Waals surface area contributed by atoms with Gasteiger partial charge in [0.25, 0.3) is 5.91 Å². The van der Waals surface area contributed by atoms with Crippen LogP contribution < -0.4 is 9.64 Å². The first-order valence-corrected chi connectivity index (χ1v) is 10.1. The summed E-state index contributed by atoms with van der Waals surface area (Å²) in [5.41, 5.74) is 1.98. The highest BCUT2D eigenvalue weighted by molar-refractivity contribution is 5.81. The fourth-order valence-corrected chi connectivity index (χ4v) is 3.58. The van der Waals surface area contributed by atoms with E-state index in [0.29, 0.717) is 44.0 Å². The van der Waals surface area contributed by atoms with Crippen LogP contribution in [0.25, 0.3) is 0 Å². The Balaban J connectivity index is 1.63. The normalized spacial score (nSPS) is 15.8. The monoisotopic (exact) mass is 420 g/mol. The summed E-state index contributed by atoms with van der Waals surface area (Å²) in [4.78, 5) is 16.6. The third kappa shape index (κ3) is 4.89. The molecule has 0 spiro atoms. The third-order valence-electron chi connectivity index (χ3n) is 5.60. The molecule has 0 radical (unpaired) electrons. The van der Waals surface area contributed by atoms with E-state index in [9.17, 15) is 18.0 Å². The Morgan fingerprint density at radius 3 is 2.37 bits per heavy atom. The fraction of sp³-hybridized carbons (Fsp3) is 0.435. The first kappa shape index (κ1) is 22.0. The van der Waals surface area contributed by atoms with Crippen LogP contribution in [0.1, 0.15) is 30.0 Å². The summed E-state index contributed by atoms with van der Waals surface area (Å²) in [6, 6.07) is 11.1. The van der Waals surface area contributed by atoms with Crippen molar-refractivity contribution in [2.24, 2.45) is 0 Å². The topological polar surface area (TPSA) is 32.8 Å². The third-order valence-corrected chi connectivity index (χ3v) is 5.60. The molecule has 1 heterocycles. The SMILES string of the molecule is CC[C@H](Oc1cccc(C)c1C)C(=O)N1CCN(c2cccc(C(F)(F)F)c2)CC1. The standard InChI is InChI=1S/C23H27F3N2O2/c1-4-20(30-21-10-5-7-16(2)17(21)3)22(29)28-13-11-27(12-14-28)19-9-6-8-18(15-19)23(24,25)26/h5-10,15,20H,4,11-14H2,1-3H3/t20-/m0/s1. The predicted molar refractivity (Wildman–Crippen MR) is 111 cm³/mol. The Morgan fingerprint density at radius 1 is 1.07 bits per heavy atom. The minimum Gasteiger partial charge on any atom is -0.480 e. The van der Waals surface area contributed by atoms with E-state index in [4.69, 9.17) is 4.74 Å². The number of anilines is 1. The summed E-state index contributed by atoms with van der Waals surface area (Å²) < 4.78 is 45.0. The van der Waals surface area contributed by atoms with Gasteiger partial charge >= 0.3 is 6.18 Å². The quantitative estimate of drug-likeness (QED) is 0.695. The predicted octanol–water partition coefficient (Wildman–Crippen LogP) is 4.83. The number of alkyl halides is 3. The molecule has 0 aromatic heterocycles. The second-order valence-electron chi connectivity index (χ2n) is 7.57. The molecule has 7 heteroatoms. The number of carbonyl (C=O) groups is 1. The first-order chi connectivity index (χ1) is 14.2. The van der Waals surface area contributed by atoms with Crippen LogP contribution in [0, 0.1) is 13.8 Å². The molecule has 0 saturated carbocycles. The molecule has 1 atom stereocenters. The molecule has 4 nitrogen and oxygen atoms in total. The molecule has 1 aliphatic rings. The first-order valence-electron chi connectivity index (χ1n) is 10.1. The highest BCUT2D eigenvalue weighted by Crippen LogP contribution is 2.32. The van der Waals surface area contributed by atoms with Gasteiger partial charge in [-0.3, -0.25) is 4.79 Å². The van der Waals surface area contributed by atoms with Gasteiger partial charge in [-0.1, -0.05) is 25.1 Å². The Bertz CT molecular complexity index is 890. The molecule has 30 heavy (non-hydrogen) atoms. The van der Waals surface area contributed by atoms with E-state index in [1.54, 1.807) is 11.0 Å². The number of rotatable bonds is 5. The van der Waals surface area contributed by atoms with Gasteiger partial charge in [-0.2, -0.15) is 13.2 Å². The van der Waals surface area contributed by atoms with E-state index in [1.165, 1.54) is 6.07 Å². The van der Waals surface area contributed by atoms with E-state index in [1.807, 2.05) is 43.9 Å². The number of ether oxygens (including phenoxy) is 1. The van der Waals surface area contributed by atoms with Crippen molar-refractivity contribution in [2.75, 3.05) is 31.1 Å². The van der Waals surface area contributed by atoms with Crippen LogP contribution in [0.15, 0.2) is 42.5 Å². The Kier molecular flexibility index (Phi) is 6.58. The van der Waals surface area contributed by atoms with Crippen LogP contribution in [0.2, 0.25) is 0 Å². The molecule has 0 unspecified atom stereocenters. The lowest BCUT2D eigenvalue weighted by Crippen LogP contribution is -2.52. The highest BCUT2D eigenvalue weighted by Gasteiger charge is 2.32. The molecular weight excluding hydrogens is 393 g/mol. The minimum absolute atomic E-state index is 0.0814. The average Bonchev–Trinajstić information content (AvgIpc) is 2.74. The number of piperazine rings is 1. The van der Waals surface area contributed by atoms with Crippen molar-refractivity contribution in [3.05, 3.63) is 59.2 Å². The lowest BCUT2D eigenvalue weighted by Gasteiger charge is -2.37. The fourth-order valence-electron chi connectivity index (χ4n) is 3.58. The van der Waals surface area contributed by atoms with Gasteiger partial charge < -0.3 is 14.5 Å². The maximum absolute atomic E-state index is 13.0. The number of aryl methyl sites for hydroxylation is 1. The number of nitrogens with zero attached hydrogens (tertiary/aromatic N) is 2. The number of halogens is 3. The van der Waals surface area contributed by atoms with Gasteiger partial charge in [0.1, 0.15) is 5.75 Å². The molecule has 3 rings (SSSR count). The highest BCUT2D eigenvalue weighted by atomic mass is 19.4. The Hall–Kier alpha value is -2.70. The van der Waals surface area contributed by atoms with Gasteiger partial charge in [0.15, 0.2) is 6.10 Å². The molecule has 1 amide bonds. The average molecular weight is 420 g/mol. The van der Waals surface area contributed by atoms with Gasteiger partial charge in [-0.25, -0.2) is 0 Å². The molecule has 1 saturated heterocycles. The van der Waals surface area contributed by atoms with Crippen molar-refractivity contribution in [3.8, 4) is 5.75 Å². The summed E-state index contributed by atoms with van der Waals surface area (Å²) >= 11 is 0. The van der Waals surface area contributed by atoms with Crippen LogP contribution in [-0.4, -0.2) is 43.1 Å². The largest absolute Gasteiger partial charge is 0.480 e. The van der Waals surface area contributed by atoms with E-state index in [-0.39, 0.29) is 5.91 Å². The molecular formula is C23H27F3N2O2. The smallest absolute Gasteiger partial charge is 0.416 e. The summed E-state index contributed by atoms with van der Waals surface area (Å²) in [6.07, 6.45) is -4.40. The van der Waals surface area contributed by atoms with Crippen molar-refractivity contribution in [3.63, 3.8) is 0 Å². The van der Waals surface area contributed by atoms with Crippen molar-refractivity contribution in [2.45, 2.75) is 39.5 Å². The summed E-state index contributed by atoms with van der Waals surface area (Å²) in [7, 11) is 0. The van der Waals surface area contributed by atoms with Gasteiger partial charge in [0, 0.05) is 31.9 Å². The van der Waals surface area contributed by atoms with Gasteiger partial charge in [-0.15, -0.1) is 0 Å². The molecule has 2 aromatic carbocycles. The Morgan fingerprint density at radius 2 is 1.73 bits per heavy atom.